The molecule has 2 aromatic carbocycles. The van der Waals surface area contributed by atoms with Crippen molar-refractivity contribution < 1.29 is 4.74 Å². The van der Waals surface area contributed by atoms with Crippen LogP contribution in [-0.4, -0.2) is 0 Å². The number of hydrogen-bond donors (Lipinski definition) is 1. The van der Waals surface area contributed by atoms with E-state index < -0.39 is 0 Å². The van der Waals surface area contributed by atoms with Gasteiger partial charge in [0.1, 0.15) is 0 Å². The second kappa shape index (κ2) is 6.23. The predicted molar refractivity (Wildman–Crippen MR) is 78.5 cm³/mol. The van der Waals surface area contributed by atoms with Crippen LogP contribution in [0.5, 0.6) is 0 Å². The largest absolute Gasteiger partial charge is 0.398 e. The van der Waals surface area contributed by atoms with Gasteiger partial charge in [0.2, 0.25) is 0 Å². The fourth-order valence-corrected chi connectivity index (χ4v) is 2.06. The van der Waals surface area contributed by atoms with Crippen LogP contribution < -0.4 is 5.73 Å². The molecule has 94 valence electrons. The Morgan fingerprint density at radius 3 is 2.44 bits per heavy atom. The van der Waals surface area contributed by atoms with E-state index >= 15 is 0 Å². The second-order valence-electron chi connectivity index (χ2n) is 3.96. The molecule has 0 radical (unpaired) electrons. The van der Waals surface area contributed by atoms with Crippen molar-refractivity contribution in [1.82, 2.24) is 0 Å². The van der Waals surface area contributed by atoms with E-state index in [2.05, 4.69) is 15.9 Å². The fraction of sp³-hybridized carbons (Fsp3) is 0.143. The van der Waals surface area contributed by atoms with Gasteiger partial charge in [-0.15, -0.1) is 0 Å². The van der Waals surface area contributed by atoms with Crippen molar-refractivity contribution in [3.63, 3.8) is 0 Å². The van der Waals surface area contributed by atoms with Crippen molar-refractivity contribution in [2.75, 3.05) is 5.73 Å². The van der Waals surface area contributed by atoms with E-state index in [4.69, 9.17) is 22.1 Å². The molecule has 2 nitrogen and oxygen atoms in total. The Morgan fingerprint density at radius 1 is 1.06 bits per heavy atom. The highest BCUT2D eigenvalue weighted by molar-refractivity contribution is 9.10. The lowest BCUT2D eigenvalue weighted by molar-refractivity contribution is 0.107. The Bertz CT molecular complexity index is 528. The number of rotatable bonds is 4. The molecule has 0 aliphatic heterocycles. The van der Waals surface area contributed by atoms with E-state index in [1.54, 1.807) is 0 Å². The monoisotopic (exact) mass is 325 g/mol. The predicted octanol–water partition coefficient (Wildman–Crippen LogP) is 4.40. The molecule has 0 atom stereocenters. The van der Waals surface area contributed by atoms with Crippen LogP contribution in [0, 0.1) is 0 Å². The summed E-state index contributed by atoms with van der Waals surface area (Å²) < 4.78 is 6.60. The molecule has 0 saturated carbocycles. The van der Waals surface area contributed by atoms with Crippen LogP contribution in [0.4, 0.5) is 5.69 Å². The van der Waals surface area contributed by atoms with Gasteiger partial charge >= 0.3 is 0 Å². The van der Waals surface area contributed by atoms with Crippen LogP contribution >= 0.6 is 27.5 Å². The molecule has 0 aliphatic rings. The summed E-state index contributed by atoms with van der Waals surface area (Å²) in [5, 5.41) is 0.732. The smallest absolute Gasteiger partial charge is 0.0741 e. The minimum atomic E-state index is 0.502. The number of nitrogens with two attached hydrogens (primary N) is 1. The number of hydrogen-bond acceptors (Lipinski definition) is 2. The van der Waals surface area contributed by atoms with E-state index in [-0.39, 0.29) is 0 Å². The van der Waals surface area contributed by atoms with Crippen LogP contribution in [0.3, 0.4) is 0 Å². The lowest BCUT2D eigenvalue weighted by Crippen LogP contribution is -1.98. The van der Waals surface area contributed by atoms with E-state index in [1.807, 2.05) is 42.5 Å². The summed E-state index contributed by atoms with van der Waals surface area (Å²) in [5.41, 5.74) is 8.72. The average molecular weight is 327 g/mol. The Labute approximate surface area is 120 Å². The van der Waals surface area contributed by atoms with Crippen molar-refractivity contribution in [1.29, 1.82) is 0 Å². The summed E-state index contributed by atoms with van der Waals surface area (Å²) in [6.07, 6.45) is 0. The number of anilines is 1. The van der Waals surface area contributed by atoms with E-state index in [1.165, 1.54) is 0 Å². The highest BCUT2D eigenvalue weighted by Crippen LogP contribution is 2.19. The molecule has 0 amide bonds. The molecule has 2 rings (SSSR count). The summed E-state index contributed by atoms with van der Waals surface area (Å²) in [5.74, 6) is 0. The lowest BCUT2D eigenvalue weighted by atomic mass is 10.2. The van der Waals surface area contributed by atoms with Gasteiger partial charge in [-0.1, -0.05) is 45.7 Å². The Morgan fingerprint density at radius 2 is 1.78 bits per heavy atom. The van der Waals surface area contributed by atoms with Crippen molar-refractivity contribution in [3.05, 3.63) is 63.1 Å². The average Bonchev–Trinajstić information content (AvgIpc) is 2.34. The molecular weight excluding hydrogens is 314 g/mol. The van der Waals surface area contributed by atoms with Crippen LogP contribution in [0.1, 0.15) is 11.1 Å². The van der Waals surface area contributed by atoms with Gasteiger partial charge in [0.15, 0.2) is 0 Å². The maximum absolute atomic E-state index is 5.89. The van der Waals surface area contributed by atoms with E-state index in [9.17, 15) is 0 Å². The van der Waals surface area contributed by atoms with Gasteiger partial charge in [0, 0.05) is 20.7 Å². The van der Waals surface area contributed by atoms with Crippen molar-refractivity contribution in [2.24, 2.45) is 0 Å². The third-order valence-corrected chi connectivity index (χ3v) is 3.29. The van der Waals surface area contributed by atoms with Crippen molar-refractivity contribution >= 4 is 33.2 Å². The van der Waals surface area contributed by atoms with Gasteiger partial charge in [-0.25, -0.2) is 0 Å². The summed E-state index contributed by atoms with van der Waals surface area (Å²) >= 11 is 9.19. The van der Waals surface area contributed by atoms with Crippen molar-refractivity contribution in [3.8, 4) is 0 Å². The lowest BCUT2D eigenvalue weighted by Gasteiger charge is -2.07. The van der Waals surface area contributed by atoms with Crippen molar-refractivity contribution in [2.45, 2.75) is 13.2 Å². The number of nitrogen functional groups attached to an aromatic ring is 1. The number of ether oxygens (including phenoxy) is 1. The van der Waals surface area contributed by atoms with Gasteiger partial charge in [-0.05, 0) is 29.8 Å². The summed E-state index contributed by atoms with van der Waals surface area (Å²) in [6.45, 7) is 1.05. The molecule has 0 aromatic heterocycles. The summed E-state index contributed by atoms with van der Waals surface area (Å²) in [4.78, 5) is 0. The maximum atomic E-state index is 5.89. The molecule has 0 heterocycles. The first kappa shape index (κ1) is 13.4. The van der Waals surface area contributed by atoms with E-state index in [0.717, 1.165) is 26.3 Å². The SMILES string of the molecule is Nc1cc(Br)ccc1COCc1ccc(Cl)cc1. The first-order valence-electron chi connectivity index (χ1n) is 5.51. The zero-order chi connectivity index (χ0) is 13.0. The molecule has 2 aromatic rings. The highest BCUT2D eigenvalue weighted by Gasteiger charge is 2.00. The molecule has 0 spiro atoms. The molecular formula is C14H13BrClNO. The highest BCUT2D eigenvalue weighted by atomic mass is 79.9. The van der Waals surface area contributed by atoms with Crippen LogP contribution in [0.25, 0.3) is 0 Å². The van der Waals surface area contributed by atoms with Gasteiger partial charge in [0.25, 0.3) is 0 Å². The van der Waals surface area contributed by atoms with Crippen LogP contribution in [0.15, 0.2) is 46.9 Å². The third-order valence-electron chi connectivity index (χ3n) is 2.55. The Kier molecular flexibility index (Phi) is 4.64. The third kappa shape index (κ3) is 3.73. The molecule has 4 heteroatoms. The zero-order valence-corrected chi connectivity index (χ0v) is 12.0. The first-order valence-corrected chi connectivity index (χ1v) is 6.68. The summed E-state index contributed by atoms with van der Waals surface area (Å²) in [7, 11) is 0. The quantitative estimate of drug-likeness (QED) is 0.845. The number of benzene rings is 2. The Hall–Kier alpha value is -1.03. The minimum absolute atomic E-state index is 0.502. The fourth-order valence-electron chi connectivity index (χ4n) is 1.56. The van der Waals surface area contributed by atoms with Crippen LogP contribution in [-0.2, 0) is 18.0 Å². The van der Waals surface area contributed by atoms with Crippen LogP contribution in [0.2, 0.25) is 5.02 Å². The normalized spacial score (nSPS) is 10.6. The van der Waals surface area contributed by atoms with E-state index in [0.29, 0.717) is 13.2 Å². The number of halogens is 2. The molecule has 0 unspecified atom stereocenters. The van der Waals surface area contributed by atoms with Gasteiger partial charge in [-0.2, -0.15) is 0 Å². The van der Waals surface area contributed by atoms with Gasteiger partial charge in [-0.3, -0.25) is 0 Å². The minimum Gasteiger partial charge on any atom is -0.398 e. The molecule has 0 bridgehead atoms. The van der Waals surface area contributed by atoms with Gasteiger partial charge < -0.3 is 10.5 Å². The molecule has 2 N–H and O–H groups in total. The second-order valence-corrected chi connectivity index (χ2v) is 5.31. The molecule has 0 aliphatic carbocycles. The maximum Gasteiger partial charge on any atom is 0.0741 e. The first-order chi connectivity index (χ1) is 8.65. The standard InChI is InChI=1S/C14H13BrClNO/c15-12-4-3-11(14(17)7-12)9-18-8-10-1-5-13(16)6-2-10/h1-7H,8-9,17H2. The zero-order valence-electron chi connectivity index (χ0n) is 9.70. The molecule has 0 saturated heterocycles. The Balaban J connectivity index is 1.90. The molecule has 0 fully saturated rings. The topological polar surface area (TPSA) is 35.2 Å². The summed E-state index contributed by atoms with van der Waals surface area (Å²) in [6, 6.07) is 13.4. The molecule has 18 heavy (non-hydrogen) atoms. The van der Waals surface area contributed by atoms with Gasteiger partial charge in [0.05, 0.1) is 13.2 Å².